The normalized spacial score (nSPS) is 29.6. The number of anilines is 2. The molecule has 1 unspecified atom stereocenters. The number of rotatable bonds is 27. The summed E-state index contributed by atoms with van der Waals surface area (Å²) in [6.45, 7) is 17.9. The molecule has 0 aliphatic carbocycles. The summed E-state index contributed by atoms with van der Waals surface area (Å²) in [5, 5.41) is 80.5. The van der Waals surface area contributed by atoms with Crippen LogP contribution in [0.5, 0.6) is 0 Å². The zero-order valence-electron chi connectivity index (χ0n) is 69.7. The van der Waals surface area contributed by atoms with Crippen molar-refractivity contribution >= 4 is 137 Å². The predicted molar refractivity (Wildman–Crippen MR) is 455 cm³/mol. The van der Waals surface area contributed by atoms with Crippen molar-refractivity contribution in [2.45, 2.75) is 254 Å². The van der Waals surface area contributed by atoms with Crippen LogP contribution in [0, 0.1) is 23.7 Å². The third-order valence-corrected chi connectivity index (χ3v) is 29.4. The number of alkyl carbamates (subject to hydrolysis) is 2. The average molecular weight is 1770 g/mol. The van der Waals surface area contributed by atoms with Gasteiger partial charge in [0.25, 0.3) is 0 Å². The molecule has 6 heterocycles. The maximum Gasteiger partial charge on any atom is 0.409 e. The average Bonchev–Trinajstić information content (AvgIpc) is 1.57. The van der Waals surface area contributed by atoms with E-state index in [1.807, 2.05) is 34.6 Å². The number of allylic oxidation sites excluding steroid dienone is 6. The van der Waals surface area contributed by atoms with Gasteiger partial charge in [0.2, 0.25) is 35.4 Å². The van der Waals surface area contributed by atoms with Crippen molar-refractivity contribution in [2.24, 2.45) is 23.7 Å². The number of nitrogens with zero attached hydrogens (tertiary/aromatic N) is 2. The van der Waals surface area contributed by atoms with Crippen LogP contribution in [0.15, 0.2) is 71.9 Å². The Morgan fingerprint density at radius 3 is 1.47 bits per heavy atom. The third-order valence-electron chi connectivity index (χ3n) is 22.1. The maximum absolute atomic E-state index is 14.2. The molecule has 2 aromatic carbocycles. The first-order valence-corrected chi connectivity index (χ1v) is 45.0. The first kappa shape index (κ1) is 98.5. The van der Waals surface area contributed by atoms with Crippen LogP contribution in [0.3, 0.4) is 0 Å². The highest BCUT2D eigenvalue weighted by Crippen LogP contribution is 2.52. The van der Waals surface area contributed by atoms with Crippen LogP contribution in [-0.4, -0.2) is 224 Å². The number of epoxide rings is 2. The molecule has 8 amide bonds. The lowest BCUT2D eigenvalue weighted by Crippen LogP contribution is -2.62. The molecule has 0 radical (unpaired) electrons. The number of nitrogens with one attached hydrogen (secondary N) is 6. The van der Waals surface area contributed by atoms with Gasteiger partial charge in [-0.2, -0.15) is 0 Å². The van der Waals surface area contributed by atoms with Crippen LogP contribution < -0.4 is 41.7 Å². The van der Waals surface area contributed by atoms with Gasteiger partial charge in [-0.3, -0.25) is 39.4 Å². The molecule has 6 aliphatic heterocycles. The topological polar surface area (TPSA) is 433 Å². The van der Waals surface area contributed by atoms with E-state index in [1.54, 1.807) is 135 Å². The van der Waals surface area contributed by atoms with Crippen molar-refractivity contribution in [1.29, 1.82) is 0 Å². The lowest BCUT2D eigenvalue weighted by atomic mass is 9.81. The Kier molecular flexibility index (Phi) is 36.6. The number of fused-ring (bicyclic) bond motifs is 10. The minimum Gasteiger partial charge on any atom is -0.457 e. The second-order valence-electron chi connectivity index (χ2n) is 32.2. The van der Waals surface area contributed by atoms with Crippen LogP contribution >= 0.6 is 66.4 Å². The SMILES string of the molecule is CNC(=O)CCC(C)SSCCC(=O)N[C@@H](C)C(=O)O[C@H]1CC(=O)N(C)c2cc(cc(CO)c2Cl)C/C(C)=C/C=C/[C@@H](CO)[C@@]2(O)C[C@H](OC(=O)N2)[C@@H](C)[C@@H]2O[C@@]12C.CNC(=O)CCCSSC(C)(C)CCC(=O)N[C@@H](C)C(=O)O[C@H]1CC(=O)N(C)c2cc(cc(CO)c2Cl)C/C(C)=C/C=C/[C@@H](CO)[C@@]2(O)C[C@H](OC(=O)N2)[C@@H](C)[C@@H]2O[C@@]12C. The predicted octanol–water partition coefficient (Wildman–Crippen LogP) is 8.65. The number of hydrogen-bond acceptors (Lipinski definition) is 26. The maximum atomic E-state index is 14.2. The lowest BCUT2D eigenvalue weighted by Gasteiger charge is -2.42. The Bertz CT molecular complexity index is 4070. The Labute approximate surface area is 716 Å². The van der Waals surface area contributed by atoms with Gasteiger partial charge in [-0.05, 0) is 122 Å². The summed E-state index contributed by atoms with van der Waals surface area (Å²) in [6, 6.07) is 4.79. The molecule has 8 rings (SSSR count). The summed E-state index contributed by atoms with van der Waals surface area (Å²) in [4.78, 5) is 133. The Morgan fingerprint density at radius 2 is 1.05 bits per heavy atom. The second-order valence-corrected chi connectivity index (χ2v) is 39.0. The van der Waals surface area contributed by atoms with Crippen molar-refractivity contribution in [3.8, 4) is 0 Å². The van der Waals surface area contributed by atoms with E-state index in [0.717, 1.165) is 34.4 Å². The first-order valence-electron chi connectivity index (χ1n) is 39.6. The number of aliphatic hydroxyl groups is 6. The number of benzene rings is 2. The molecule has 17 atom stereocenters. The molecule has 12 N–H and O–H groups in total. The molecule has 4 saturated heterocycles. The van der Waals surface area contributed by atoms with E-state index < -0.39 is 144 Å². The molecule has 0 saturated carbocycles. The van der Waals surface area contributed by atoms with Gasteiger partial charge in [0.15, 0.2) is 11.4 Å². The second kappa shape index (κ2) is 43.9. The lowest BCUT2D eigenvalue weighted by molar-refractivity contribution is -0.157. The number of esters is 2. The van der Waals surface area contributed by atoms with Crippen LogP contribution in [0.4, 0.5) is 21.0 Å². The Morgan fingerprint density at radius 1 is 0.627 bits per heavy atom. The third kappa shape index (κ3) is 26.9. The fraction of sp³-hybridized carbons (Fsp3) is 0.634. The van der Waals surface area contributed by atoms with Gasteiger partial charge in [-0.15, -0.1) is 0 Å². The molecule has 6 aliphatic rings. The number of aliphatic hydroxyl groups excluding tert-OH is 4. The summed E-state index contributed by atoms with van der Waals surface area (Å²) < 4.78 is 35.5. The highest BCUT2D eigenvalue weighted by Gasteiger charge is 2.66. The molecule has 656 valence electrons. The molecule has 2 aromatic rings. The van der Waals surface area contributed by atoms with E-state index in [1.165, 1.54) is 48.5 Å². The largest absolute Gasteiger partial charge is 0.457 e. The molecule has 30 nitrogen and oxygen atoms in total. The number of amides is 8. The van der Waals surface area contributed by atoms with E-state index in [2.05, 4.69) is 31.9 Å². The van der Waals surface area contributed by atoms with E-state index in [4.69, 9.17) is 51.6 Å². The molecule has 8 bridgehead atoms. The highest BCUT2D eigenvalue weighted by molar-refractivity contribution is 8.77. The van der Waals surface area contributed by atoms with Gasteiger partial charge in [-0.1, -0.05) is 147 Å². The molecule has 118 heavy (non-hydrogen) atoms. The van der Waals surface area contributed by atoms with Gasteiger partial charge in [0.05, 0.1) is 72.9 Å². The van der Waals surface area contributed by atoms with Gasteiger partial charge in [0, 0.05) is 112 Å². The molecule has 36 heteroatoms. The quantitative estimate of drug-likeness (QED) is 0.0131. The number of ether oxygens (including phenoxy) is 6. The van der Waals surface area contributed by atoms with Crippen LogP contribution in [-0.2, 0) is 92.8 Å². The van der Waals surface area contributed by atoms with E-state index in [0.29, 0.717) is 66.8 Å². The fourth-order valence-electron chi connectivity index (χ4n) is 14.5. The van der Waals surface area contributed by atoms with Crippen LogP contribution in [0.1, 0.15) is 169 Å². The van der Waals surface area contributed by atoms with Crippen LogP contribution in [0.25, 0.3) is 0 Å². The zero-order valence-corrected chi connectivity index (χ0v) is 74.5. The summed E-state index contributed by atoms with van der Waals surface area (Å²) in [6.07, 6.45) is 5.73. The van der Waals surface area contributed by atoms with Gasteiger partial charge >= 0.3 is 24.1 Å². The molecule has 0 aromatic heterocycles. The van der Waals surface area contributed by atoms with Crippen molar-refractivity contribution < 1.29 is 107 Å². The Hall–Kier alpha value is -6.64. The van der Waals surface area contributed by atoms with E-state index in [-0.39, 0.29) is 95.4 Å². The van der Waals surface area contributed by atoms with E-state index >= 15 is 0 Å². The van der Waals surface area contributed by atoms with Gasteiger partial charge < -0.3 is 90.1 Å². The summed E-state index contributed by atoms with van der Waals surface area (Å²) >= 11 is 13.5. The highest BCUT2D eigenvalue weighted by atomic mass is 35.5. The van der Waals surface area contributed by atoms with E-state index in [9.17, 15) is 78.6 Å². The van der Waals surface area contributed by atoms with Crippen molar-refractivity contribution in [3.63, 3.8) is 0 Å². The standard InChI is InChI=1S/C42H61ClN4O11S2.C40H57ClN4O11S2/c1-24-11-9-12-29(23-49)42(55)21-31(56-39(54)46-42)25(2)37-41(6,58-37)32(20-35(52)47(8)30-19-27(17-24)18-28(22-48)36(30)43)57-38(53)26(3)45-34(51)14-15-40(4,5)60-59-16-10-13-33(50)44-7;1-22-9-8-10-28(21-47)40(53)19-30(54-38(52)44-40)24(3)36-39(5,56-36)31(18-34(50)45(7)29-17-26(15-22)16-27(20-46)35(29)41)55-37(51)25(4)43-33(49)13-14-57-58-23(2)11-12-32(48)42-6/h9,11-12,18-19,25-26,29,31-32,37,48-49,55H,10,13-17,20-23H2,1-8H3,(H,44,50)(H,45,51)(H,46,54);8-10,16-17,23-25,28,30-31,36,46-47,53H,11-15,18-21H2,1-7H3,(H,42,48)(H,43,49)(H,44,52)/b12-9+,24-11+;10-8+,22-9+/t25-,26+,29+,31+,32+,37+,41+,42+;23?,24-,25+,28+,30+,31+,36+,39+,40+/m11/s1. The minimum absolute atomic E-state index is 0.00551. The summed E-state index contributed by atoms with van der Waals surface area (Å²) in [5.74, 6) is -5.05. The number of carbonyl (C=O) groups is 10. The number of carbonyl (C=O) groups excluding carboxylic acids is 10. The van der Waals surface area contributed by atoms with Gasteiger partial charge in [0.1, 0.15) is 47.7 Å². The van der Waals surface area contributed by atoms with Crippen LogP contribution in [0.2, 0.25) is 10.0 Å². The molecular weight excluding hydrogens is 1650 g/mol. The van der Waals surface area contributed by atoms with Crippen molar-refractivity contribution in [1.82, 2.24) is 31.9 Å². The first-order chi connectivity index (χ1) is 55.5. The summed E-state index contributed by atoms with van der Waals surface area (Å²) in [7, 11) is 12.6. The summed E-state index contributed by atoms with van der Waals surface area (Å²) in [5.41, 5.74) is -1.61. The fourth-order valence-corrected chi connectivity index (χ4v) is 20.1. The molecule has 4 fully saturated rings. The molecule has 0 spiro atoms. The smallest absolute Gasteiger partial charge is 0.409 e. The number of hydrogen-bond donors (Lipinski definition) is 12. The Balaban J connectivity index is 0.000000326. The van der Waals surface area contributed by atoms with Crippen molar-refractivity contribution in [2.75, 3.05) is 62.7 Å². The monoisotopic (exact) mass is 1760 g/mol. The number of halogens is 2. The van der Waals surface area contributed by atoms with Crippen molar-refractivity contribution in [3.05, 3.63) is 104 Å². The minimum atomic E-state index is -1.88. The molecular formula is C82H118Cl2N8O22S4. The van der Waals surface area contributed by atoms with Gasteiger partial charge in [-0.25, -0.2) is 19.2 Å². The zero-order chi connectivity index (χ0) is 87.5.